The molecular formula is C12H16NO8P. The molecule has 0 bridgehead atoms. The standard InChI is InChI=1S/C12H16NO8P/c1-3-19-22(17,20-4-2)9-18-12(14)21-11-7-5-10(6-8-11)13(15)16/h5-8H,3-4,9H2,1-2H3. The third-order valence-corrected chi connectivity index (χ3v) is 3.99. The van der Waals surface area contributed by atoms with Crippen LogP contribution in [0.25, 0.3) is 0 Å². The number of nitro groups is 1. The van der Waals surface area contributed by atoms with Crippen LogP contribution < -0.4 is 4.74 Å². The predicted octanol–water partition coefficient (Wildman–Crippen LogP) is 3.33. The Morgan fingerprint density at radius 1 is 1.18 bits per heavy atom. The Kier molecular flexibility index (Phi) is 6.97. The lowest BCUT2D eigenvalue weighted by Crippen LogP contribution is -2.13. The van der Waals surface area contributed by atoms with E-state index in [4.69, 9.17) is 13.8 Å². The highest BCUT2D eigenvalue weighted by atomic mass is 31.2. The molecule has 10 heteroatoms. The van der Waals surface area contributed by atoms with Gasteiger partial charge in [0, 0.05) is 12.1 Å². The summed E-state index contributed by atoms with van der Waals surface area (Å²) < 4.78 is 31.4. The molecule has 0 aromatic heterocycles. The van der Waals surface area contributed by atoms with E-state index in [1.807, 2.05) is 0 Å². The first kappa shape index (κ1) is 18.1. The molecule has 0 N–H and O–H groups in total. The van der Waals surface area contributed by atoms with Gasteiger partial charge >= 0.3 is 13.8 Å². The number of non-ortho nitro benzene ring substituents is 1. The monoisotopic (exact) mass is 333 g/mol. The van der Waals surface area contributed by atoms with E-state index in [-0.39, 0.29) is 24.7 Å². The fraction of sp³-hybridized carbons (Fsp3) is 0.417. The fourth-order valence-electron chi connectivity index (χ4n) is 1.40. The van der Waals surface area contributed by atoms with Crippen molar-refractivity contribution in [3.05, 3.63) is 34.4 Å². The fourth-order valence-corrected chi connectivity index (χ4v) is 2.67. The van der Waals surface area contributed by atoms with Crippen LogP contribution in [-0.2, 0) is 18.3 Å². The molecule has 0 radical (unpaired) electrons. The summed E-state index contributed by atoms with van der Waals surface area (Å²) in [6.45, 7) is 3.53. The van der Waals surface area contributed by atoms with Crippen molar-refractivity contribution in [2.45, 2.75) is 13.8 Å². The van der Waals surface area contributed by atoms with Crippen molar-refractivity contribution in [3.63, 3.8) is 0 Å². The number of carbonyl (C=O) groups is 1. The molecule has 0 aliphatic carbocycles. The Balaban J connectivity index is 2.55. The number of ether oxygens (including phenoxy) is 2. The Labute approximate surface area is 126 Å². The molecule has 0 aliphatic heterocycles. The van der Waals surface area contributed by atoms with Gasteiger partial charge in [0.2, 0.25) is 0 Å². The lowest BCUT2D eigenvalue weighted by atomic mass is 10.3. The van der Waals surface area contributed by atoms with E-state index in [1.54, 1.807) is 13.8 Å². The third-order valence-electron chi connectivity index (χ3n) is 2.24. The van der Waals surface area contributed by atoms with Crippen LogP contribution in [0.5, 0.6) is 5.75 Å². The van der Waals surface area contributed by atoms with E-state index in [0.29, 0.717) is 0 Å². The van der Waals surface area contributed by atoms with Crippen molar-refractivity contribution >= 4 is 19.4 Å². The highest BCUT2D eigenvalue weighted by Crippen LogP contribution is 2.47. The van der Waals surface area contributed by atoms with Gasteiger partial charge in [-0.25, -0.2) is 4.79 Å². The van der Waals surface area contributed by atoms with Crippen molar-refractivity contribution in [2.24, 2.45) is 0 Å². The average Bonchev–Trinajstić information content (AvgIpc) is 2.46. The number of rotatable bonds is 8. The smallest absolute Gasteiger partial charge is 0.421 e. The number of hydrogen-bond acceptors (Lipinski definition) is 8. The first-order valence-electron chi connectivity index (χ1n) is 6.37. The van der Waals surface area contributed by atoms with Gasteiger partial charge in [-0.1, -0.05) is 0 Å². The number of nitro benzene ring substituents is 1. The van der Waals surface area contributed by atoms with E-state index in [1.165, 1.54) is 24.3 Å². The molecule has 0 saturated heterocycles. The summed E-state index contributed by atoms with van der Waals surface area (Å²) >= 11 is 0. The average molecular weight is 333 g/mol. The van der Waals surface area contributed by atoms with Gasteiger partial charge in [-0.05, 0) is 26.0 Å². The minimum Gasteiger partial charge on any atom is -0.421 e. The lowest BCUT2D eigenvalue weighted by molar-refractivity contribution is -0.384. The molecule has 9 nitrogen and oxygen atoms in total. The van der Waals surface area contributed by atoms with E-state index >= 15 is 0 Å². The molecule has 0 amide bonds. The second kappa shape index (κ2) is 8.47. The molecule has 0 aliphatic rings. The van der Waals surface area contributed by atoms with Crippen LogP contribution in [0.2, 0.25) is 0 Å². The first-order valence-corrected chi connectivity index (χ1v) is 8.10. The maximum Gasteiger partial charge on any atom is 0.514 e. The lowest BCUT2D eigenvalue weighted by Gasteiger charge is -2.16. The van der Waals surface area contributed by atoms with E-state index in [2.05, 4.69) is 4.74 Å². The van der Waals surface area contributed by atoms with Gasteiger partial charge in [0.05, 0.1) is 18.1 Å². The molecule has 22 heavy (non-hydrogen) atoms. The molecular weight excluding hydrogens is 317 g/mol. The molecule has 1 rings (SSSR count). The molecule has 0 heterocycles. The Morgan fingerprint density at radius 3 is 2.18 bits per heavy atom. The zero-order chi connectivity index (χ0) is 16.6. The summed E-state index contributed by atoms with van der Waals surface area (Å²) in [6.07, 6.45) is -1.70. The predicted molar refractivity (Wildman–Crippen MR) is 75.9 cm³/mol. The number of carbonyl (C=O) groups excluding carboxylic acids is 1. The van der Waals surface area contributed by atoms with Gasteiger partial charge in [0.1, 0.15) is 5.75 Å². The summed E-state index contributed by atoms with van der Waals surface area (Å²) in [6, 6.07) is 4.83. The van der Waals surface area contributed by atoms with Gasteiger partial charge in [-0.3, -0.25) is 14.7 Å². The van der Waals surface area contributed by atoms with E-state index in [0.717, 1.165) is 0 Å². The van der Waals surface area contributed by atoms with Crippen LogP contribution in [0.1, 0.15) is 13.8 Å². The summed E-state index contributed by atoms with van der Waals surface area (Å²) in [7, 11) is -3.51. The second-order valence-corrected chi connectivity index (χ2v) is 5.82. The molecule has 1 aromatic carbocycles. The Bertz CT molecular complexity index is 549. The third kappa shape index (κ3) is 5.80. The van der Waals surface area contributed by atoms with Gasteiger partial charge in [0.15, 0.2) is 6.35 Å². The maximum absolute atomic E-state index is 12.0. The number of nitrogens with zero attached hydrogens (tertiary/aromatic N) is 1. The SMILES string of the molecule is CCOP(=O)(COC(=O)Oc1ccc([N+](=O)[O-])cc1)OCC. The molecule has 1 aromatic rings. The molecule has 0 spiro atoms. The summed E-state index contributed by atoms with van der Waals surface area (Å²) in [4.78, 5) is 21.4. The zero-order valence-corrected chi connectivity index (χ0v) is 13.0. The van der Waals surface area contributed by atoms with Gasteiger partial charge < -0.3 is 18.5 Å². The van der Waals surface area contributed by atoms with Crippen molar-refractivity contribution in [1.29, 1.82) is 0 Å². The summed E-state index contributed by atoms with van der Waals surface area (Å²) in [5.74, 6) is 0.0539. The van der Waals surface area contributed by atoms with Crippen molar-refractivity contribution in [1.82, 2.24) is 0 Å². The maximum atomic E-state index is 12.0. The molecule has 0 unspecified atom stereocenters. The topological polar surface area (TPSA) is 114 Å². The highest BCUT2D eigenvalue weighted by Gasteiger charge is 2.26. The largest absolute Gasteiger partial charge is 0.514 e. The van der Waals surface area contributed by atoms with Crippen LogP contribution in [0.3, 0.4) is 0 Å². The van der Waals surface area contributed by atoms with Crippen LogP contribution in [0.4, 0.5) is 10.5 Å². The van der Waals surface area contributed by atoms with Crippen LogP contribution in [0.15, 0.2) is 24.3 Å². The van der Waals surface area contributed by atoms with E-state index < -0.39 is 25.0 Å². The van der Waals surface area contributed by atoms with Crippen molar-refractivity contribution < 1.29 is 32.8 Å². The number of hydrogen-bond donors (Lipinski definition) is 0. The zero-order valence-electron chi connectivity index (χ0n) is 12.1. The molecule has 122 valence electrons. The molecule has 0 fully saturated rings. The first-order chi connectivity index (χ1) is 10.4. The van der Waals surface area contributed by atoms with Gasteiger partial charge in [-0.15, -0.1) is 0 Å². The number of benzene rings is 1. The Morgan fingerprint density at radius 2 is 1.73 bits per heavy atom. The second-order valence-electron chi connectivity index (χ2n) is 3.82. The minimum atomic E-state index is -3.51. The van der Waals surface area contributed by atoms with Crippen LogP contribution in [0, 0.1) is 10.1 Å². The quantitative estimate of drug-likeness (QED) is 0.234. The normalized spacial score (nSPS) is 11.0. The van der Waals surface area contributed by atoms with Crippen molar-refractivity contribution in [3.8, 4) is 5.75 Å². The van der Waals surface area contributed by atoms with Crippen molar-refractivity contribution in [2.75, 3.05) is 19.6 Å². The molecule has 0 saturated carbocycles. The van der Waals surface area contributed by atoms with Gasteiger partial charge in [0.25, 0.3) is 5.69 Å². The van der Waals surface area contributed by atoms with Gasteiger partial charge in [-0.2, -0.15) is 0 Å². The summed E-state index contributed by atoms with van der Waals surface area (Å²) in [5, 5.41) is 10.5. The van der Waals surface area contributed by atoms with Crippen LogP contribution in [-0.4, -0.2) is 30.6 Å². The minimum absolute atomic E-state index is 0.0539. The molecule has 0 atom stereocenters. The van der Waals surface area contributed by atoms with E-state index in [9.17, 15) is 19.5 Å². The van der Waals surface area contributed by atoms with Crippen LogP contribution >= 0.6 is 7.60 Å². The summed E-state index contributed by atoms with van der Waals surface area (Å²) in [5.41, 5.74) is -0.141. The highest BCUT2D eigenvalue weighted by molar-refractivity contribution is 7.53. The Hall–Kier alpha value is -1.96.